The van der Waals surface area contributed by atoms with Crippen molar-refractivity contribution in [3.05, 3.63) is 0 Å². The predicted molar refractivity (Wildman–Crippen MR) is 61.6 cm³/mol. The maximum absolute atomic E-state index is 11.1. The summed E-state index contributed by atoms with van der Waals surface area (Å²) in [4.78, 5) is 11.1. The highest BCUT2D eigenvalue weighted by Crippen LogP contribution is 2.41. The van der Waals surface area contributed by atoms with E-state index in [2.05, 4.69) is 20.8 Å². The summed E-state index contributed by atoms with van der Waals surface area (Å²) in [5.74, 6) is 1.49. The second kappa shape index (κ2) is 5.00. The quantitative estimate of drug-likeness (QED) is 0.778. The summed E-state index contributed by atoms with van der Waals surface area (Å²) in [7, 11) is 0. The first-order valence-corrected chi connectivity index (χ1v) is 6.16. The van der Waals surface area contributed by atoms with Gasteiger partial charge in [0.15, 0.2) is 0 Å². The Labute approximate surface area is 93.1 Å². The molecule has 0 heterocycles. The number of hydrogen-bond acceptors (Lipinski definition) is 1. The molecule has 1 rings (SSSR count). The topological polar surface area (TPSA) is 37.3 Å². The van der Waals surface area contributed by atoms with Crippen LogP contribution in [0.4, 0.5) is 0 Å². The van der Waals surface area contributed by atoms with Crippen molar-refractivity contribution in [1.29, 1.82) is 0 Å². The van der Waals surface area contributed by atoms with Gasteiger partial charge in [-0.2, -0.15) is 0 Å². The van der Waals surface area contributed by atoms with E-state index in [-0.39, 0.29) is 5.92 Å². The summed E-state index contributed by atoms with van der Waals surface area (Å²) >= 11 is 0. The molecule has 0 aromatic rings. The second-order valence-corrected chi connectivity index (χ2v) is 5.62. The Bertz CT molecular complexity index is 223. The summed E-state index contributed by atoms with van der Waals surface area (Å²) < 4.78 is 0. The summed E-state index contributed by atoms with van der Waals surface area (Å²) in [6.45, 7) is 8.57. The molecule has 0 aromatic heterocycles. The first kappa shape index (κ1) is 12.5. The minimum Gasteiger partial charge on any atom is -0.481 e. The third-order valence-corrected chi connectivity index (χ3v) is 4.11. The van der Waals surface area contributed by atoms with E-state index in [0.717, 1.165) is 6.42 Å². The van der Waals surface area contributed by atoms with Crippen LogP contribution in [0.2, 0.25) is 0 Å². The maximum atomic E-state index is 11.1. The minimum atomic E-state index is -0.625. The Hall–Kier alpha value is -0.530. The Kier molecular flexibility index (Phi) is 4.18. The highest BCUT2D eigenvalue weighted by atomic mass is 16.4. The van der Waals surface area contributed by atoms with E-state index >= 15 is 0 Å². The number of carboxylic acid groups (broad SMARTS) is 1. The van der Waals surface area contributed by atoms with Crippen LogP contribution in [0, 0.1) is 29.6 Å². The van der Waals surface area contributed by atoms with Crippen molar-refractivity contribution >= 4 is 5.97 Å². The first-order chi connectivity index (χ1) is 6.93. The lowest BCUT2D eigenvalue weighted by molar-refractivity contribution is -0.144. The molecule has 4 atom stereocenters. The zero-order valence-corrected chi connectivity index (χ0v) is 10.4. The molecule has 0 spiro atoms. The van der Waals surface area contributed by atoms with Crippen molar-refractivity contribution in [2.45, 2.75) is 47.0 Å². The van der Waals surface area contributed by atoms with Crippen molar-refractivity contribution in [2.24, 2.45) is 29.6 Å². The largest absolute Gasteiger partial charge is 0.481 e. The number of hydrogen-bond donors (Lipinski definition) is 1. The van der Waals surface area contributed by atoms with Crippen LogP contribution in [-0.2, 0) is 4.79 Å². The summed E-state index contributed by atoms with van der Waals surface area (Å²) in [5, 5.41) is 9.12. The van der Waals surface area contributed by atoms with E-state index in [0.29, 0.717) is 23.7 Å². The van der Waals surface area contributed by atoms with Gasteiger partial charge in [-0.05, 0) is 36.5 Å². The fraction of sp³-hybridized carbons (Fsp3) is 0.923. The lowest BCUT2D eigenvalue weighted by Gasteiger charge is -2.39. The molecular weight excluding hydrogens is 188 g/mol. The lowest BCUT2D eigenvalue weighted by Crippen LogP contribution is -2.35. The monoisotopic (exact) mass is 212 g/mol. The molecule has 0 bridgehead atoms. The molecule has 0 radical (unpaired) electrons. The molecule has 1 fully saturated rings. The third kappa shape index (κ3) is 2.96. The number of carboxylic acids is 1. The Balaban J connectivity index is 2.74. The van der Waals surface area contributed by atoms with Gasteiger partial charge < -0.3 is 5.11 Å². The van der Waals surface area contributed by atoms with Crippen LogP contribution in [0.3, 0.4) is 0 Å². The van der Waals surface area contributed by atoms with Crippen LogP contribution < -0.4 is 0 Å². The highest BCUT2D eigenvalue weighted by molar-refractivity contribution is 5.69. The fourth-order valence-electron chi connectivity index (χ4n) is 3.03. The van der Waals surface area contributed by atoms with Gasteiger partial charge in [-0.3, -0.25) is 4.79 Å². The van der Waals surface area contributed by atoms with Crippen molar-refractivity contribution in [3.63, 3.8) is 0 Å². The van der Waals surface area contributed by atoms with E-state index in [9.17, 15) is 4.79 Å². The van der Waals surface area contributed by atoms with E-state index in [1.165, 1.54) is 12.8 Å². The molecule has 1 saturated carbocycles. The molecule has 4 unspecified atom stereocenters. The zero-order valence-electron chi connectivity index (χ0n) is 10.4. The third-order valence-electron chi connectivity index (χ3n) is 4.11. The van der Waals surface area contributed by atoms with Gasteiger partial charge in [0.2, 0.25) is 0 Å². The summed E-state index contributed by atoms with van der Waals surface area (Å²) in [6, 6.07) is 0. The van der Waals surface area contributed by atoms with Gasteiger partial charge in [0, 0.05) is 0 Å². The summed E-state index contributed by atoms with van der Waals surface area (Å²) in [5.41, 5.74) is 0. The average Bonchev–Trinajstić information content (AvgIpc) is 2.15. The van der Waals surface area contributed by atoms with E-state index < -0.39 is 5.97 Å². The predicted octanol–water partition coefficient (Wildman–Crippen LogP) is 3.42. The van der Waals surface area contributed by atoms with Crippen LogP contribution in [0.25, 0.3) is 0 Å². The van der Waals surface area contributed by atoms with Gasteiger partial charge in [0.1, 0.15) is 0 Å². The molecule has 1 aliphatic rings. The molecular formula is C13H24O2. The Morgan fingerprint density at radius 1 is 1.20 bits per heavy atom. The highest BCUT2D eigenvalue weighted by Gasteiger charge is 2.36. The molecule has 1 N–H and O–H groups in total. The standard InChI is InChI=1S/C13H24O2/c1-8(2)11-6-5-9(3)7-12(11)10(4)13(14)15/h8-12H,5-7H2,1-4H3,(H,14,15). The van der Waals surface area contributed by atoms with Crippen LogP contribution in [0.15, 0.2) is 0 Å². The van der Waals surface area contributed by atoms with Crippen LogP contribution in [-0.4, -0.2) is 11.1 Å². The van der Waals surface area contributed by atoms with Gasteiger partial charge in [-0.1, -0.05) is 34.1 Å². The molecule has 0 amide bonds. The molecule has 2 nitrogen and oxygen atoms in total. The van der Waals surface area contributed by atoms with E-state index in [1.807, 2.05) is 6.92 Å². The van der Waals surface area contributed by atoms with E-state index in [4.69, 9.17) is 5.11 Å². The summed E-state index contributed by atoms with van der Waals surface area (Å²) in [6.07, 6.45) is 3.57. The molecule has 0 aromatic carbocycles. The first-order valence-electron chi connectivity index (χ1n) is 6.16. The maximum Gasteiger partial charge on any atom is 0.306 e. The van der Waals surface area contributed by atoms with E-state index in [1.54, 1.807) is 0 Å². The molecule has 15 heavy (non-hydrogen) atoms. The van der Waals surface area contributed by atoms with Gasteiger partial charge in [0.05, 0.1) is 5.92 Å². The molecule has 0 saturated heterocycles. The molecule has 0 aliphatic heterocycles. The normalized spacial score (nSPS) is 34.1. The van der Waals surface area contributed by atoms with Gasteiger partial charge in [-0.25, -0.2) is 0 Å². The van der Waals surface area contributed by atoms with Crippen LogP contribution in [0.5, 0.6) is 0 Å². The van der Waals surface area contributed by atoms with Crippen molar-refractivity contribution < 1.29 is 9.90 Å². The Morgan fingerprint density at radius 2 is 1.80 bits per heavy atom. The fourth-order valence-corrected chi connectivity index (χ4v) is 3.03. The van der Waals surface area contributed by atoms with Crippen LogP contribution >= 0.6 is 0 Å². The van der Waals surface area contributed by atoms with Crippen molar-refractivity contribution in [1.82, 2.24) is 0 Å². The Morgan fingerprint density at radius 3 is 2.27 bits per heavy atom. The molecule has 1 aliphatic carbocycles. The van der Waals surface area contributed by atoms with Crippen LogP contribution in [0.1, 0.15) is 47.0 Å². The van der Waals surface area contributed by atoms with Crippen molar-refractivity contribution in [3.8, 4) is 0 Å². The number of rotatable bonds is 3. The lowest BCUT2D eigenvalue weighted by atomic mass is 9.66. The SMILES string of the molecule is CC1CCC(C(C)C)C(C(C)C(=O)O)C1. The molecule has 2 heteroatoms. The minimum absolute atomic E-state index is 0.180. The smallest absolute Gasteiger partial charge is 0.306 e. The molecule has 88 valence electrons. The number of aliphatic carboxylic acids is 1. The average molecular weight is 212 g/mol. The zero-order chi connectivity index (χ0) is 11.6. The van der Waals surface area contributed by atoms with Gasteiger partial charge >= 0.3 is 5.97 Å². The second-order valence-electron chi connectivity index (χ2n) is 5.62. The number of carbonyl (C=O) groups is 1. The van der Waals surface area contributed by atoms with Gasteiger partial charge in [-0.15, -0.1) is 0 Å². The van der Waals surface area contributed by atoms with Crippen molar-refractivity contribution in [2.75, 3.05) is 0 Å². The van der Waals surface area contributed by atoms with Gasteiger partial charge in [0.25, 0.3) is 0 Å².